The second-order valence-corrected chi connectivity index (χ2v) is 7.63. The molecule has 140 valence electrons. The normalized spacial score (nSPS) is 24.8. The topological polar surface area (TPSA) is 50.6 Å². The van der Waals surface area contributed by atoms with Crippen LogP contribution in [0.1, 0.15) is 44.7 Å². The number of rotatable bonds is 6. The van der Waals surface area contributed by atoms with Gasteiger partial charge in [0, 0.05) is 51.4 Å². The van der Waals surface area contributed by atoms with Gasteiger partial charge in [-0.25, -0.2) is 0 Å². The van der Waals surface area contributed by atoms with Crippen molar-refractivity contribution in [3.8, 4) is 0 Å². The standard InChI is InChI=1S/C19H32N4O2/c1-3-25-13-7-18(24)23-12-5-9-19(16-23)8-4-11-22(15-19)14-17-6-10-20-21(17)2/h6,10H,3-5,7-9,11-16H2,1-2H3. The lowest BCUT2D eigenvalue weighted by molar-refractivity contribution is -0.137. The summed E-state index contributed by atoms with van der Waals surface area (Å²) in [5.41, 5.74) is 1.54. The van der Waals surface area contributed by atoms with Gasteiger partial charge in [0.05, 0.1) is 18.7 Å². The molecule has 1 spiro atoms. The minimum absolute atomic E-state index is 0.260. The van der Waals surface area contributed by atoms with Crippen LogP contribution in [0.15, 0.2) is 12.3 Å². The van der Waals surface area contributed by atoms with Crippen molar-refractivity contribution in [2.75, 3.05) is 39.4 Å². The Morgan fingerprint density at radius 3 is 2.80 bits per heavy atom. The van der Waals surface area contributed by atoms with Crippen LogP contribution in [0.2, 0.25) is 0 Å². The van der Waals surface area contributed by atoms with Crippen molar-refractivity contribution in [2.45, 2.75) is 45.6 Å². The van der Waals surface area contributed by atoms with Crippen LogP contribution in [0.3, 0.4) is 0 Å². The van der Waals surface area contributed by atoms with Crippen molar-refractivity contribution in [1.82, 2.24) is 19.6 Å². The average molecular weight is 348 g/mol. The first-order valence-corrected chi connectivity index (χ1v) is 9.67. The highest BCUT2D eigenvalue weighted by atomic mass is 16.5. The van der Waals surface area contributed by atoms with Crippen LogP contribution in [0.4, 0.5) is 0 Å². The average Bonchev–Trinajstić information content (AvgIpc) is 3.00. The molecule has 3 heterocycles. The van der Waals surface area contributed by atoms with E-state index >= 15 is 0 Å². The maximum atomic E-state index is 12.5. The Hall–Kier alpha value is -1.40. The number of carbonyl (C=O) groups is 1. The summed E-state index contributed by atoms with van der Waals surface area (Å²) in [6, 6.07) is 2.10. The van der Waals surface area contributed by atoms with E-state index in [4.69, 9.17) is 4.74 Å². The zero-order valence-corrected chi connectivity index (χ0v) is 15.7. The summed E-state index contributed by atoms with van der Waals surface area (Å²) < 4.78 is 7.32. The molecule has 0 aromatic carbocycles. The first-order chi connectivity index (χ1) is 12.1. The molecule has 2 aliphatic heterocycles. The Balaban J connectivity index is 1.58. The fourth-order valence-corrected chi connectivity index (χ4v) is 4.45. The molecule has 6 heteroatoms. The molecule has 3 rings (SSSR count). The maximum absolute atomic E-state index is 12.5. The summed E-state index contributed by atoms with van der Waals surface area (Å²) >= 11 is 0. The molecule has 1 unspecified atom stereocenters. The highest BCUT2D eigenvalue weighted by molar-refractivity contribution is 5.76. The summed E-state index contributed by atoms with van der Waals surface area (Å²) in [5.74, 6) is 0.260. The molecule has 0 bridgehead atoms. The van der Waals surface area contributed by atoms with Crippen LogP contribution in [-0.4, -0.2) is 64.9 Å². The number of amides is 1. The third kappa shape index (κ3) is 4.61. The molecule has 2 saturated heterocycles. The second-order valence-electron chi connectivity index (χ2n) is 7.63. The highest BCUT2D eigenvalue weighted by Crippen LogP contribution is 2.39. The lowest BCUT2D eigenvalue weighted by atomic mass is 9.73. The number of ether oxygens (including phenoxy) is 1. The van der Waals surface area contributed by atoms with Crippen LogP contribution in [0, 0.1) is 5.41 Å². The molecule has 2 aliphatic rings. The van der Waals surface area contributed by atoms with E-state index in [9.17, 15) is 4.79 Å². The molecule has 0 aliphatic carbocycles. The predicted molar refractivity (Wildman–Crippen MR) is 97.1 cm³/mol. The molecular weight excluding hydrogens is 316 g/mol. The van der Waals surface area contributed by atoms with Crippen molar-refractivity contribution in [3.05, 3.63) is 18.0 Å². The first kappa shape index (κ1) is 18.4. The largest absolute Gasteiger partial charge is 0.381 e. The summed E-state index contributed by atoms with van der Waals surface area (Å²) in [5, 5.41) is 4.28. The molecule has 0 radical (unpaired) electrons. The monoisotopic (exact) mass is 348 g/mol. The third-order valence-electron chi connectivity index (χ3n) is 5.73. The quantitative estimate of drug-likeness (QED) is 0.739. The van der Waals surface area contributed by atoms with Crippen molar-refractivity contribution in [1.29, 1.82) is 0 Å². The zero-order valence-electron chi connectivity index (χ0n) is 15.7. The van der Waals surface area contributed by atoms with Gasteiger partial charge in [0.25, 0.3) is 0 Å². The Labute approximate surface area is 151 Å². The number of likely N-dealkylation sites (tertiary alicyclic amines) is 2. The highest BCUT2D eigenvalue weighted by Gasteiger charge is 2.40. The SMILES string of the molecule is CCOCCC(=O)N1CCCC2(CCCN(Cc3ccnn3C)C2)C1. The number of aromatic nitrogens is 2. The van der Waals surface area contributed by atoms with Gasteiger partial charge in [-0.05, 0) is 45.2 Å². The van der Waals surface area contributed by atoms with Crippen LogP contribution in [-0.2, 0) is 23.1 Å². The van der Waals surface area contributed by atoms with E-state index in [1.165, 1.54) is 25.0 Å². The number of aryl methyl sites for hydroxylation is 1. The number of piperidine rings is 2. The molecular formula is C19H32N4O2. The lowest BCUT2D eigenvalue weighted by Gasteiger charge is -2.48. The van der Waals surface area contributed by atoms with E-state index in [0.717, 1.165) is 39.1 Å². The van der Waals surface area contributed by atoms with Gasteiger partial charge < -0.3 is 9.64 Å². The molecule has 1 aromatic heterocycles. The van der Waals surface area contributed by atoms with E-state index in [2.05, 4.69) is 21.0 Å². The van der Waals surface area contributed by atoms with Crippen LogP contribution in [0.5, 0.6) is 0 Å². The first-order valence-electron chi connectivity index (χ1n) is 9.67. The van der Waals surface area contributed by atoms with Crippen molar-refractivity contribution >= 4 is 5.91 Å². The number of hydrogen-bond donors (Lipinski definition) is 0. The van der Waals surface area contributed by atoms with Gasteiger partial charge >= 0.3 is 0 Å². The molecule has 2 fully saturated rings. The maximum Gasteiger partial charge on any atom is 0.224 e. The predicted octanol–water partition coefficient (Wildman–Crippen LogP) is 2.05. The van der Waals surface area contributed by atoms with Gasteiger partial charge in [0.1, 0.15) is 0 Å². The van der Waals surface area contributed by atoms with E-state index < -0.39 is 0 Å². The molecule has 6 nitrogen and oxygen atoms in total. The summed E-state index contributed by atoms with van der Waals surface area (Å²) in [4.78, 5) is 17.1. The van der Waals surface area contributed by atoms with Gasteiger partial charge in [-0.15, -0.1) is 0 Å². The van der Waals surface area contributed by atoms with Gasteiger partial charge in [0.2, 0.25) is 5.91 Å². The van der Waals surface area contributed by atoms with Gasteiger partial charge in [-0.2, -0.15) is 5.10 Å². The summed E-state index contributed by atoms with van der Waals surface area (Å²) in [6.45, 7) is 8.22. The third-order valence-corrected chi connectivity index (χ3v) is 5.73. The summed E-state index contributed by atoms with van der Waals surface area (Å²) in [7, 11) is 2.01. The Morgan fingerprint density at radius 1 is 1.28 bits per heavy atom. The fourth-order valence-electron chi connectivity index (χ4n) is 4.45. The number of nitrogens with zero attached hydrogens (tertiary/aromatic N) is 4. The van der Waals surface area contributed by atoms with Crippen LogP contribution >= 0.6 is 0 Å². The van der Waals surface area contributed by atoms with E-state index in [0.29, 0.717) is 19.6 Å². The number of carbonyl (C=O) groups excluding carboxylic acids is 1. The van der Waals surface area contributed by atoms with Gasteiger partial charge in [-0.3, -0.25) is 14.4 Å². The van der Waals surface area contributed by atoms with Crippen molar-refractivity contribution in [2.24, 2.45) is 12.5 Å². The van der Waals surface area contributed by atoms with Gasteiger partial charge in [-0.1, -0.05) is 0 Å². The van der Waals surface area contributed by atoms with Crippen LogP contribution in [0.25, 0.3) is 0 Å². The smallest absolute Gasteiger partial charge is 0.224 e. The minimum atomic E-state index is 0.260. The summed E-state index contributed by atoms with van der Waals surface area (Å²) in [6.07, 6.45) is 7.21. The number of hydrogen-bond acceptors (Lipinski definition) is 4. The van der Waals surface area contributed by atoms with Crippen molar-refractivity contribution in [3.63, 3.8) is 0 Å². The molecule has 1 amide bonds. The van der Waals surface area contributed by atoms with Crippen LogP contribution < -0.4 is 0 Å². The lowest BCUT2D eigenvalue weighted by Crippen LogP contribution is -2.53. The second kappa shape index (κ2) is 8.32. The molecule has 25 heavy (non-hydrogen) atoms. The Bertz CT molecular complexity index is 570. The van der Waals surface area contributed by atoms with E-state index in [1.807, 2.05) is 24.9 Å². The Morgan fingerprint density at radius 2 is 2.08 bits per heavy atom. The van der Waals surface area contributed by atoms with E-state index in [-0.39, 0.29) is 11.3 Å². The molecule has 1 aromatic rings. The molecule has 0 saturated carbocycles. The minimum Gasteiger partial charge on any atom is -0.381 e. The zero-order chi connectivity index (χ0) is 17.7. The molecule has 1 atom stereocenters. The van der Waals surface area contributed by atoms with Crippen molar-refractivity contribution < 1.29 is 9.53 Å². The molecule has 0 N–H and O–H groups in total. The fraction of sp³-hybridized carbons (Fsp3) is 0.789. The van der Waals surface area contributed by atoms with E-state index in [1.54, 1.807) is 0 Å². The Kier molecular flexibility index (Phi) is 6.12. The van der Waals surface area contributed by atoms with Gasteiger partial charge in [0.15, 0.2) is 0 Å².